The summed E-state index contributed by atoms with van der Waals surface area (Å²) in [7, 11) is 0. The molecule has 26 heavy (non-hydrogen) atoms. The molecule has 4 atom stereocenters. The van der Waals surface area contributed by atoms with Crippen LogP contribution in [0.1, 0.15) is 27.6 Å². The molecule has 0 spiro atoms. The first kappa shape index (κ1) is 18.4. The highest BCUT2D eigenvalue weighted by Gasteiger charge is 2.58. The molecule has 0 N–H and O–H groups in total. The van der Waals surface area contributed by atoms with Gasteiger partial charge in [0.15, 0.2) is 11.2 Å². The summed E-state index contributed by atoms with van der Waals surface area (Å²) >= 11 is 5.87. The SMILES string of the molecule is C[C@@]1(F)[C@H](OC(=O)c2ccccc2)[C@H](OC(=O)c2ccccc2)O[C@@H]1Cl. The first-order valence-corrected chi connectivity index (χ1v) is 8.33. The van der Waals surface area contributed by atoms with E-state index in [1.807, 2.05) is 0 Å². The van der Waals surface area contributed by atoms with Crippen molar-refractivity contribution in [3.63, 3.8) is 0 Å². The fourth-order valence-corrected chi connectivity index (χ4v) is 2.71. The second kappa shape index (κ2) is 7.43. The minimum atomic E-state index is -2.24. The summed E-state index contributed by atoms with van der Waals surface area (Å²) in [6.07, 6.45) is -2.97. The Morgan fingerprint density at radius 3 is 1.92 bits per heavy atom. The molecule has 0 radical (unpaired) electrons. The quantitative estimate of drug-likeness (QED) is 0.599. The number of benzene rings is 2. The van der Waals surface area contributed by atoms with Crippen LogP contribution in [-0.2, 0) is 14.2 Å². The monoisotopic (exact) mass is 378 g/mol. The third-order valence-electron chi connectivity index (χ3n) is 3.98. The second-order valence-electron chi connectivity index (χ2n) is 5.94. The number of rotatable bonds is 4. The number of hydrogen-bond donors (Lipinski definition) is 0. The third-order valence-corrected chi connectivity index (χ3v) is 4.51. The van der Waals surface area contributed by atoms with Gasteiger partial charge in [-0.15, -0.1) is 0 Å². The normalized spacial score (nSPS) is 27.7. The average molecular weight is 379 g/mol. The average Bonchev–Trinajstić information content (AvgIpc) is 2.86. The first-order valence-electron chi connectivity index (χ1n) is 7.90. The molecule has 0 bridgehead atoms. The highest BCUT2D eigenvalue weighted by Crippen LogP contribution is 2.39. The van der Waals surface area contributed by atoms with Gasteiger partial charge in [0.25, 0.3) is 0 Å². The van der Waals surface area contributed by atoms with Gasteiger partial charge in [-0.1, -0.05) is 48.0 Å². The molecule has 7 heteroatoms. The molecule has 0 aromatic heterocycles. The second-order valence-corrected chi connectivity index (χ2v) is 6.33. The fraction of sp³-hybridized carbons (Fsp3) is 0.263. The highest BCUT2D eigenvalue weighted by atomic mass is 35.5. The molecule has 5 nitrogen and oxygen atoms in total. The number of alkyl halides is 2. The van der Waals surface area contributed by atoms with Crippen LogP contribution in [-0.4, -0.2) is 35.6 Å². The lowest BCUT2D eigenvalue weighted by atomic mass is 10.0. The van der Waals surface area contributed by atoms with Gasteiger partial charge in [0.1, 0.15) is 0 Å². The van der Waals surface area contributed by atoms with Crippen molar-refractivity contribution in [2.24, 2.45) is 0 Å². The topological polar surface area (TPSA) is 61.8 Å². The maximum Gasteiger partial charge on any atom is 0.340 e. The summed E-state index contributed by atoms with van der Waals surface area (Å²) in [5.41, 5.74) is -3.20. The van der Waals surface area contributed by atoms with E-state index in [1.165, 1.54) is 24.3 Å². The Balaban J connectivity index is 1.77. The summed E-state index contributed by atoms with van der Waals surface area (Å²) in [6.45, 7) is 1.13. The molecule has 1 saturated heterocycles. The van der Waals surface area contributed by atoms with Crippen LogP contribution in [0.15, 0.2) is 60.7 Å². The van der Waals surface area contributed by atoms with Gasteiger partial charge in [0.2, 0.25) is 12.4 Å². The molecule has 0 unspecified atom stereocenters. The summed E-state index contributed by atoms with van der Waals surface area (Å²) < 4.78 is 30.5. The number of ether oxygens (including phenoxy) is 3. The van der Waals surface area contributed by atoms with E-state index >= 15 is 0 Å². The molecular formula is C19H16ClFO5. The fourth-order valence-electron chi connectivity index (χ4n) is 2.48. The van der Waals surface area contributed by atoms with Gasteiger partial charge >= 0.3 is 11.9 Å². The lowest BCUT2D eigenvalue weighted by molar-refractivity contribution is -0.129. The van der Waals surface area contributed by atoms with Gasteiger partial charge < -0.3 is 14.2 Å². The van der Waals surface area contributed by atoms with Crippen LogP contribution in [0.3, 0.4) is 0 Å². The number of esters is 2. The van der Waals surface area contributed by atoms with Gasteiger partial charge in [-0.2, -0.15) is 0 Å². The Morgan fingerprint density at radius 1 is 0.962 bits per heavy atom. The van der Waals surface area contributed by atoms with Crippen LogP contribution in [0.25, 0.3) is 0 Å². The van der Waals surface area contributed by atoms with E-state index < -0.39 is 35.6 Å². The van der Waals surface area contributed by atoms with Crippen LogP contribution in [0.4, 0.5) is 4.39 Å². The van der Waals surface area contributed by atoms with Gasteiger partial charge in [-0.3, -0.25) is 0 Å². The predicted octanol–water partition coefficient (Wildman–Crippen LogP) is 3.72. The number of halogens is 2. The Bertz CT molecular complexity index is 781. The van der Waals surface area contributed by atoms with E-state index in [4.69, 9.17) is 25.8 Å². The molecule has 1 heterocycles. The summed E-state index contributed by atoms with van der Waals surface area (Å²) in [6, 6.07) is 16.2. The zero-order chi connectivity index (χ0) is 18.7. The minimum absolute atomic E-state index is 0.231. The van der Waals surface area contributed by atoms with Gasteiger partial charge in [-0.05, 0) is 31.2 Å². The maximum absolute atomic E-state index is 14.9. The van der Waals surface area contributed by atoms with Crippen molar-refractivity contribution in [1.82, 2.24) is 0 Å². The number of hydrogen-bond acceptors (Lipinski definition) is 5. The molecule has 3 rings (SSSR count). The largest absolute Gasteiger partial charge is 0.448 e. The van der Waals surface area contributed by atoms with E-state index in [2.05, 4.69) is 0 Å². The van der Waals surface area contributed by atoms with Crippen molar-refractivity contribution in [3.8, 4) is 0 Å². The Morgan fingerprint density at radius 2 is 1.42 bits per heavy atom. The molecule has 1 fully saturated rings. The summed E-state index contributed by atoms with van der Waals surface area (Å²) in [5, 5.41) is 0. The summed E-state index contributed by atoms with van der Waals surface area (Å²) in [4.78, 5) is 24.5. The van der Waals surface area contributed by atoms with E-state index in [1.54, 1.807) is 36.4 Å². The Labute approximate surface area is 154 Å². The highest BCUT2D eigenvalue weighted by molar-refractivity contribution is 6.20. The zero-order valence-electron chi connectivity index (χ0n) is 13.8. The minimum Gasteiger partial charge on any atom is -0.448 e. The number of carbonyl (C=O) groups is 2. The lowest BCUT2D eigenvalue weighted by Crippen LogP contribution is -2.44. The van der Waals surface area contributed by atoms with Crippen molar-refractivity contribution in [2.75, 3.05) is 0 Å². The van der Waals surface area contributed by atoms with Gasteiger partial charge in [0.05, 0.1) is 11.1 Å². The predicted molar refractivity (Wildman–Crippen MR) is 91.5 cm³/mol. The molecule has 0 amide bonds. The van der Waals surface area contributed by atoms with Crippen molar-refractivity contribution in [1.29, 1.82) is 0 Å². The molecule has 1 aliphatic rings. The standard InChI is InChI=1S/C19H16ClFO5/c1-19(21)14(24-15(22)12-8-4-2-5-9-12)17(26-18(19)20)25-16(23)13-10-6-3-7-11-13/h2-11,14,17-18H,1H3/t14-,17-,18+,19-/m1/s1. The zero-order valence-corrected chi connectivity index (χ0v) is 14.6. The molecule has 2 aromatic carbocycles. The first-order chi connectivity index (χ1) is 12.4. The Kier molecular flexibility index (Phi) is 5.25. The van der Waals surface area contributed by atoms with Gasteiger partial charge in [0, 0.05) is 0 Å². The van der Waals surface area contributed by atoms with E-state index in [-0.39, 0.29) is 11.1 Å². The number of carbonyl (C=O) groups excluding carboxylic acids is 2. The lowest BCUT2D eigenvalue weighted by Gasteiger charge is -2.25. The molecule has 0 aliphatic carbocycles. The van der Waals surface area contributed by atoms with Crippen molar-refractivity contribution < 1.29 is 28.2 Å². The van der Waals surface area contributed by atoms with Crippen LogP contribution in [0.5, 0.6) is 0 Å². The van der Waals surface area contributed by atoms with Crippen molar-refractivity contribution in [2.45, 2.75) is 30.5 Å². The van der Waals surface area contributed by atoms with Crippen LogP contribution < -0.4 is 0 Å². The molecule has 2 aromatic rings. The molecule has 1 aliphatic heterocycles. The van der Waals surface area contributed by atoms with E-state index in [9.17, 15) is 14.0 Å². The molecule has 136 valence electrons. The van der Waals surface area contributed by atoms with Crippen molar-refractivity contribution in [3.05, 3.63) is 71.8 Å². The van der Waals surface area contributed by atoms with Crippen molar-refractivity contribution >= 4 is 23.5 Å². The Hall–Kier alpha value is -2.44. The third kappa shape index (κ3) is 3.71. The van der Waals surface area contributed by atoms with Crippen LogP contribution in [0, 0.1) is 0 Å². The maximum atomic E-state index is 14.9. The van der Waals surface area contributed by atoms with Crippen LogP contribution in [0.2, 0.25) is 0 Å². The van der Waals surface area contributed by atoms with E-state index in [0.29, 0.717) is 0 Å². The van der Waals surface area contributed by atoms with Crippen LogP contribution >= 0.6 is 11.6 Å². The molecule has 0 saturated carbocycles. The van der Waals surface area contributed by atoms with Gasteiger partial charge in [-0.25, -0.2) is 14.0 Å². The summed E-state index contributed by atoms with van der Waals surface area (Å²) in [5.74, 6) is -1.51. The van der Waals surface area contributed by atoms with E-state index in [0.717, 1.165) is 6.92 Å². The smallest absolute Gasteiger partial charge is 0.340 e. The molecular weight excluding hydrogens is 363 g/mol.